The molecule has 0 saturated carbocycles. The van der Waals surface area contributed by atoms with Crippen molar-refractivity contribution in [3.63, 3.8) is 0 Å². The Balaban J connectivity index is 1.84. The van der Waals surface area contributed by atoms with Crippen LogP contribution < -0.4 is 4.90 Å². The molecule has 3 aromatic heterocycles. The molecule has 0 aliphatic carbocycles. The fourth-order valence-electron chi connectivity index (χ4n) is 3.09. The molecule has 0 spiro atoms. The van der Waals surface area contributed by atoms with Gasteiger partial charge in [-0.3, -0.25) is 9.97 Å². The van der Waals surface area contributed by atoms with E-state index in [1.165, 1.54) is 0 Å². The average molecular weight is 356 g/mol. The number of hydrogen-bond donors (Lipinski definition) is 1. The molecule has 0 bridgehead atoms. The van der Waals surface area contributed by atoms with Crippen LogP contribution in [0.1, 0.15) is 17.4 Å². The summed E-state index contributed by atoms with van der Waals surface area (Å²) in [7, 11) is 3.98. The second-order valence-electron chi connectivity index (χ2n) is 6.59. The van der Waals surface area contributed by atoms with E-state index in [-0.39, 0.29) is 0 Å². The van der Waals surface area contributed by atoms with Crippen LogP contribution in [0.5, 0.6) is 0 Å². The van der Waals surface area contributed by atoms with Gasteiger partial charge in [0.05, 0.1) is 16.9 Å². The monoisotopic (exact) mass is 356 g/mol. The van der Waals surface area contributed by atoms with Crippen molar-refractivity contribution in [1.29, 1.82) is 0 Å². The molecule has 27 heavy (non-hydrogen) atoms. The SMILES string of the molecule is CN(C)c1ccc(C(O)c2nc(-c3ccncc3)cc3ncccc23)cc1. The number of hydrogen-bond acceptors (Lipinski definition) is 5. The van der Waals surface area contributed by atoms with Gasteiger partial charge in [-0.1, -0.05) is 12.1 Å². The van der Waals surface area contributed by atoms with Crippen LogP contribution in [0.2, 0.25) is 0 Å². The summed E-state index contributed by atoms with van der Waals surface area (Å²) in [4.78, 5) is 15.3. The first-order chi connectivity index (χ1) is 13.1. The summed E-state index contributed by atoms with van der Waals surface area (Å²) >= 11 is 0. The van der Waals surface area contributed by atoms with Crippen molar-refractivity contribution in [2.45, 2.75) is 6.10 Å². The highest BCUT2D eigenvalue weighted by atomic mass is 16.3. The molecule has 5 nitrogen and oxygen atoms in total. The summed E-state index contributed by atoms with van der Waals surface area (Å²) in [5.41, 5.74) is 4.99. The predicted molar refractivity (Wildman–Crippen MR) is 108 cm³/mol. The summed E-state index contributed by atoms with van der Waals surface area (Å²) in [6.45, 7) is 0. The lowest BCUT2D eigenvalue weighted by Gasteiger charge is -2.17. The molecule has 1 aromatic carbocycles. The molecule has 0 aliphatic heterocycles. The van der Waals surface area contributed by atoms with Crippen molar-refractivity contribution in [2.75, 3.05) is 19.0 Å². The van der Waals surface area contributed by atoms with E-state index in [9.17, 15) is 5.11 Å². The maximum atomic E-state index is 11.1. The number of rotatable bonds is 4. The molecule has 0 fully saturated rings. The minimum absolute atomic E-state index is 0.602. The molecule has 5 heteroatoms. The minimum Gasteiger partial charge on any atom is -0.382 e. The maximum Gasteiger partial charge on any atom is 0.122 e. The maximum absolute atomic E-state index is 11.1. The molecule has 1 unspecified atom stereocenters. The number of aliphatic hydroxyl groups is 1. The van der Waals surface area contributed by atoms with E-state index in [1.807, 2.05) is 73.6 Å². The van der Waals surface area contributed by atoms with Crippen molar-refractivity contribution >= 4 is 16.6 Å². The fraction of sp³-hybridized carbons (Fsp3) is 0.136. The van der Waals surface area contributed by atoms with E-state index < -0.39 is 6.10 Å². The van der Waals surface area contributed by atoms with Gasteiger partial charge in [0, 0.05) is 49.3 Å². The first kappa shape index (κ1) is 17.1. The van der Waals surface area contributed by atoms with E-state index in [0.717, 1.165) is 33.4 Å². The van der Waals surface area contributed by atoms with Crippen LogP contribution in [0.25, 0.3) is 22.2 Å². The van der Waals surface area contributed by atoms with E-state index >= 15 is 0 Å². The third-order valence-corrected chi connectivity index (χ3v) is 4.59. The van der Waals surface area contributed by atoms with Gasteiger partial charge in [-0.2, -0.15) is 0 Å². The first-order valence-electron chi connectivity index (χ1n) is 8.75. The number of nitrogens with zero attached hydrogens (tertiary/aromatic N) is 4. The number of pyridine rings is 3. The van der Waals surface area contributed by atoms with Gasteiger partial charge in [-0.15, -0.1) is 0 Å². The Hall–Kier alpha value is -3.31. The van der Waals surface area contributed by atoms with Crippen LogP contribution in [-0.2, 0) is 0 Å². The Kier molecular flexibility index (Phi) is 4.52. The molecule has 1 atom stereocenters. The lowest BCUT2D eigenvalue weighted by Crippen LogP contribution is -2.09. The van der Waals surface area contributed by atoms with Gasteiger partial charge in [-0.05, 0) is 48.0 Å². The Labute approximate surface area is 158 Å². The molecular weight excluding hydrogens is 336 g/mol. The Bertz CT molecular complexity index is 1060. The zero-order chi connectivity index (χ0) is 18.8. The van der Waals surface area contributed by atoms with Crippen LogP contribution in [0.15, 0.2) is 73.2 Å². The topological polar surface area (TPSA) is 62.1 Å². The quantitative estimate of drug-likeness (QED) is 0.602. The molecule has 1 N–H and O–H groups in total. The normalized spacial score (nSPS) is 12.1. The van der Waals surface area contributed by atoms with E-state index in [1.54, 1.807) is 18.6 Å². The van der Waals surface area contributed by atoms with Crippen LogP contribution in [-0.4, -0.2) is 34.2 Å². The van der Waals surface area contributed by atoms with Crippen LogP contribution in [0, 0.1) is 0 Å². The van der Waals surface area contributed by atoms with Gasteiger partial charge >= 0.3 is 0 Å². The molecule has 4 rings (SSSR count). The third-order valence-electron chi connectivity index (χ3n) is 4.59. The Morgan fingerprint density at radius 2 is 1.67 bits per heavy atom. The van der Waals surface area contributed by atoms with Crippen molar-refractivity contribution in [2.24, 2.45) is 0 Å². The summed E-state index contributed by atoms with van der Waals surface area (Å²) in [5, 5.41) is 11.9. The summed E-state index contributed by atoms with van der Waals surface area (Å²) in [6.07, 6.45) is 4.38. The zero-order valence-electron chi connectivity index (χ0n) is 15.2. The third kappa shape index (κ3) is 3.37. The fourth-order valence-corrected chi connectivity index (χ4v) is 3.09. The molecule has 0 aliphatic rings. The van der Waals surface area contributed by atoms with Crippen LogP contribution in [0.3, 0.4) is 0 Å². The average Bonchev–Trinajstić information content (AvgIpc) is 2.73. The number of aliphatic hydroxyl groups excluding tert-OH is 1. The van der Waals surface area contributed by atoms with Gasteiger partial charge in [0.25, 0.3) is 0 Å². The van der Waals surface area contributed by atoms with Crippen LogP contribution in [0.4, 0.5) is 5.69 Å². The molecule has 0 radical (unpaired) electrons. The minimum atomic E-state index is -0.838. The van der Waals surface area contributed by atoms with E-state index in [0.29, 0.717) is 5.69 Å². The van der Waals surface area contributed by atoms with Crippen molar-refractivity contribution < 1.29 is 5.11 Å². The highest BCUT2D eigenvalue weighted by Crippen LogP contribution is 2.30. The van der Waals surface area contributed by atoms with Crippen molar-refractivity contribution in [1.82, 2.24) is 15.0 Å². The summed E-state index contributed by atoms with van der Waals surface area (Å²) < 4.78 is 0. The largest absolute Gasteiger partial charge is 0.382 e. The Morgan fingerprint density at radius 3 is 2.37 bits per heavy atom. The second kappa shape index (κ2) is 7.13. The van der Waals surface area contributed by atoms with Gasteiger partial charge in [0.15, 0.2) is 0 Å². The molecular formula is C22H20N4O. The van der Waals surface area contributed by atoms with Gasteiger partial charge in [-0.25, -0.2) is 4.98 Å². The highest BCUT2D eigenvalue weighted by Gasteiger charge is 2.18. The number of anilines is 1. The molecule has 134 valence electrons. The highest BCUT2D eigenvalue weighted by molar-refractivity contribution is 5.85. The molecule has 4 aromatic rings. The lowest BCUT2D eigenvalue weighted by atomic mass is 10.0. The number of benzene rings is 1. The number of aromatic nitrogens is 3. The number of fused-ring (bicyclic) bond motifs is 1. The van der Waals surface area contributed by atoms with Crippen LogP contribution >= 0.6 is 0 Å². The molecule has 0 saturated heterocycles. The second-order valence-corrected chi connectivity index (χ2v) is 6.59. The smallest absolute Gasteiger partial charge is 0.122 e. The van der Waals surface area contributed by atoms with Crippen molar-refractivity contribution in [3.8, 4) is 11.3 Å². The summed E-state index contributed by atoms with van der Waals surface area (Å²) in [5.74, 6) is 0. The Morgan fingerprint density at radius 1 is 0.926 bits per heavy atom. The summed E-state index contributed by atoms with van der Waals surface area (Å²) in [6, 6.07) is 17.4. The molecule has 0 amide bonds. The standard InChI is InChI=1S/C22H20N4O/c1-26(2)17-7-5-16(6-8-17)22(27)21-18-4-3-11-24-20(18)14-19(25-21)15-9-12-23-13-10-15/h3-14,22,27H,1-2H3. The van der Waals surface area contributed by atoms with E-state index in [2.05, 4.69) is 9.97 Å². The van der Waals surface area contributed by atoms with Crippen molar-refractivity contribution in [3.05, 3.63) is 84.4 Å². The zero-order valence-corrected chi connectivity index (χ0v) is 15.2. The first-order valence-corrected chi connectivity index (χ1v) is 8.75. The molecule has 3 heterocycles. The predicted octanol–water partition coefficient (Wildman–Crippen LogP) is 3.84. The van der Waals surface area contributed by atoms with E-state index in [4.69, 9.17) is 4.98 Å². The lowest BCUT2D eigenvalue weighted by molar-refractivity contribution is 0.217. The van der Waals surface area contributed by atoms with Gasteiger partial charge in [0.2, 0.25) is 0 Å². The van der Waals surface area contributed by atoms with Gasteiger partial charge < -0.3 is 10.0 Å². The van der Waals surface area contributed by atoms with Gasteiger partial charge in [0.1, 0.15) is 6.10 Å².